The lowest BCUT2D eigenvalue weighted by atomic mass is 10.0. The van der Waals surface area contributed by atoms with Gasteiger partial charge in [0.1, 0.15) is 6.10 Å². The van der Waals surface area contributed by atoms with Gasteiger partial charge in [0.05, 0.1) is 6.61 Å². The zero-order chi connectivity index (χ0) is 10.1. The molecule has 2 atom stereocenters. The molecule has 1 saturated heterocycles. The van der Waals surface area contributed by atoms with Crippen LogP contribution >= 0.6 is 11.6 Å². The van der Waals surface area contributed by atoms with Crippen molar-refractivity contribution in [2.24, 2.45) is 0 Å². The van der Waals surface area contributed by atoms with Crippen molar-refractivity contribution in [3.63, 3.8) is 0 Å². The molecule has 1 aliphatic rings. The summed E-state index contributed by atoms with van der Waals surface area (Å²) < 4.78 is 11.0. The van der Waals surface area contributed by atoms with E-state index in [1.165, 1.54) is 5.56 Å². The Morgan fingerprint density at radius 1 is 1.43 bits per heavy atom. The molecule has 0 bridgehead atoms. The van der Waals surface area contributed by atoms with Crippen LogP contribution in [0.15, 0.2) is 18.2 Å². The van der Waals surface area contributed by atoms with E-state index in [9.17, 15) is 0 Å². The minimum absolute atomic E-state index is 0.0312. The van der Waals surface area contributed by atoms with Gasteiger partial charge in [0.2, 0.25) is 0 Å². The summed E-state index contributed by atoms with van der Waals surface area (Å²) in [5, 5.41) is 0.744. The molecule has 0 spiro atoms. The van der Waals surface area contributed by atoms with E-state index in [0.717, 1.165) is 10.6 Å². The Labute approximate surface area is 88.8 Å². The van der Waals surface area contributed by atoms with Gasteiger partial charge in [0.25, 0.3) is 0 Å². The number of hydrogen-bond donors (Lipinski definition) is 0. The van der Waals surface area contributed by atoms with Crippen LogP contribution < -0.4 is 0 Å². The third-order valence-corrected chi connectivity index (χ3v) is 2.66. The average molecular weight is 213 g/mol. The van der Waals surface area contributed by atoms with Crippen molar-refractivity contribution in [1.82, 2.24) is 0 Å². The second-order valence-corrected chi connectivity index (χ2v) is 3.96. The van der Waals surface area contributed by atoms with E-state index in [4.69, 9.17) is 21.1 Å². The molecule has 2 rings (SSSR count). The Bertz CT molecular complexity index is 338. The zero-order valence-corrected chi connectivity index (χ0v) is 9.04. The van der Waals surface area contributed by atoms with Crippen LogP contribution in [0.25, 0.3) is 0 Å². The molecule has 14 heavy (non-hydrogen) atoms. The van der Waals surface area contributed by atoms with Gasteiger partial charge in [-0.2, -0.15) is 0 Å². The quantitative estimate of drug-likeness (QED) is 0.712. The van der Waals surface area contributed by atoms with Crippen LogP contribution in [-0.2, 0) is 9.47 Å². The largest absolute Gasteiger partial charge is 0.350 e. The van der Waals surface area contributed by atoms with E-state index >= 15 is 0 Å². The lowest BCUT2D eigenvalue weighted by Gasteiger charge is -2.12. The van der Waals surface area contributed by atoms with Gasteiger partial charge in [-0.05, 0) is 37.1 Å². The first-order chi connectivity index (χ1) is 6.66. The Morgan fingerprint density at radius 3 is 2.86 bits per heavy atom. The molecule has 0 radical (unpaired) electrons. The summed E-state index contributed by atoms with van der Waals surface area (Å²) in [4.78, 5) is 0. The van der Waals surface area contributed by atoms with Gasteiger partial charge in [-0.1, -0.05) is 17.7 Å². The standard InChI is InChI=1S/C11H13ClO2/c1-7-3-4-9(12)5-10(7)11-6-13-8(2)14-11/h3-5,8,11H,6H2,1-2H3. The van der Waals surface area contributed by atoms with Crippen LogP contribution in [0.4, 0.5) is 0 Å². The van der Waals surface area contributed by atoms with Gasteiger partial charge >= 0.3 is 0 Å². The molecule has 0 amide bonds. The van der Waals surface area contributed by atoms with Crippen molar-refractivity contribution in [3.8, 4) is 0 Å². The van der Waals surface area contributed by atoms with Crippen molar-refractivity contribution in [2.75, 3.05) is 6.61 Å². The maximum Gasteiger partial charge on any atom is 0.155 e. The van der Waals surface area contributed by atoms with E-state index in [-0.39, 0.29) is 12.4 Å². The monoisotopic (exact) mass is 212 g/mol. The molecule has 2 nitrogen and oxygen atoms in total. The number of ether oxygens (including phenoxy) is 2. The Morgan fingerprint density at radius 2 is 2.21 bits per heavy atom. The summed E-state index contributed by atoms with van der Waals surface area (Å²) in [6.45, 7) is 4.57. The summed E-state index contributed by atoms with van der Waals surface area (Å²) in [5.41, 5.74) is 2.32. The summed E-state index contributed by atoms with van der Waals surface area (Å²) in [5.74, 6) is 0. The van der Waals surface area contributed by atoms with Gasteiger partial charge < -0.3 is 9.47 Å². The SMILES string of the molecule is Cc1ccc(Cl)cc1C1COC(C)O1. The van der Waals surface area contributed by atoms with Crippen molar-refractivity contribution in [3.05, 3.63) is 34.3 Å². The summed E-state index contributed by atoms with van der Waals surface area (Å²) >= 11 is 5.94. The highest BCUT2D eigenvalue weighted by Gasteiger charge is 2.25. The predicted molar refractivity (Wildman–Crippen MR) is 55.4 cm³/mol. The molecular formula is C11H13ClO2. The van der Waals surface area contributed by atoms with Crippen molar-refractivity contribution in [1.29, 1.82) is 0 Å². The maximum atomic E-state index is 5.94. The lowest BCUT2D eigenvalue weighted by molar-refractivity contribution is -0.0427. The predicted octanol–water partition coefficient (Wildman–Crippen LogP) is 3.08. The van der Waals surface area contributed by atoms with Gasteiger partial charge in [-0.15, -0.1) is 0 Å². The van der Waals surface area contributed by atoms with Crippen LogP contribution in [-0.4, -0.2) is 12.9 Å². The first-order valence-corrected chi connectivity index (χ1v) is 5.08. The molecule has 0 aliphatic carbocycles. The first-order valence-electron chi connectivity index (χ1n) is 4.70. The van der Waals surface area contributed by atoms with Gasteiger partial charge in [0.15, 0.2) is 6.29 Å². The topological polar surface area (TPSA) is 18.5 Å². The molecule has 76 valence electrons. The molecule has 0 aromatic heterocycles. The second kappa shape index (κ2) is 3.89. The minimum Gasteiger partial charge on any atom is -0.350 e. The minimum atomic E-state index is -0.113. The van der Waals surface area contributed by atoms with Crippen molar-refractivity contribution < 1.29 is 9.47 Å². The van der Waals surface area contributed by atoms with E-state index in [0.29, 0.717) is 6.61 Å². The van der Waals surface area contributed by atoms with Gasteiger partial charge in [-0.3, -0.25) is 0 Å². The molecule has 0 N–H and O–H groups in total. The Hall–Kier alpha value is -0.570. The number of aryl methyl sites for hydroxylation is 1. The molecule has 1 aliphatic heterocycles. The van der Waals surface area contributed by atoms with Crippen LogP contribution in [0.1, 0.15) is 24.2 Å². The maximum absolute atomic E-state index is 5.94. The molecule has 1 aromatic carbocycles. The molecular weight excluding hydrogens is 200 g/mol. The van der Waals surface area contributed by atoms with Crippen molar-refractivity contribution in [2.45, 2.75) is 26.2 Å². The summed E-state index contributed by atoms with van der Waals surface area (Å²) in [6.07, 6.45) is -0.0814. The molecule has 3 heteroatoms. The van der Waals surface area contributed by atoms with E-state index < -0.39 is 0 Å². The van der Waals surface area contributed by atoms with Crippen LogP contribution in [0.3, 0.4) is 0 Å². The van der Waals surface area contributed by atoms with Gasteiger partial charge in [-0.25, -0.2) is 0 Å². The smallest absolute Gasteiger partial charge is 0.155 e. The van der Waals surface area contributed by atoms with Gasteiger partial charge in [0, 0.05) is 5.02 Å². The van der Waals surface area contributed by atoms with E-state index in [2.05, 4.69) is 6.92 Å². The fourth-order valence-corrected chi connectivity index (χ4v) is 1.83. The average Bonchev–Trinajstić information content (AvgIpc) is 2.56. The Kier molecular flexibility index (Phi) is 2.77. The van der Waals surface area contributed by atoms with E-state index in [1.807, 2.05) is 25.1 Å². The zero-order valence-electron chi connectivity index (χ0n) is 8.29. The molecule has 1 fully saturated rings. The van der Waals surface area contributed by atoms with E-state index in [1.54, 1.807) is 0 Å². The number of hydrogen-bond acceptors (Lipinski definition) is 2. The van der Waals surface area contributed by atoms with Crippen LogP contribution in [0.5, 0.6) is 0 Å². The van der Waals surface area contributed by atoms with Crippen LogP contribution in [0, 0.1) is 6.92 Å². The van der Waals surface area contributed by atoms with Crippen molar-refractivity contribution >= 4 is 11.6 Å². The number of rotatable bonds is 1. The highest BCUT2D eigenvalue weighted by molar-refractivity contribution is 6.30. The normalized spacial score (nSPS) is 26.8. The molecule has 0 saturated carbocycles. The fraction of sp³-hybridized carbons (Fsp3) is 0.455. The summed E-state index contributed by atoms with van der Waals surface area (Å²) in [7, 11) is 0. The second-order valence-electron chi connectivity index (χ2n) is 3.53. The first kappa shape index (κ1) is 9.97. The molecule has 2 unspecified atom stereocenters. The Balaban J connectivity index is 2.27. The third kappa shape index (κ3) is 1.92. The highest BCUT2D eigenvalue weighted by atomic mass is 35.5. The highest BCUT2D eigenvalue weighted by Crippen LogP contribution is 2.30. The number of benzene rings is 1. The third-order valence-electron chi connectivity index (χ3n) is 2.43. The molecule has 1 heterocycles. The fourth-order valence-electron chi connectivity index (χ4n) is 1.65. The summed E-state index contributed by atoms with van der Waals surface area (Å²) in [6, 6.07) is 5.84. The lowest BCUT2D eigenvalue weighted by Crippen LogP contribution is -2.04. The molecule has 1 aromatic rings. The van der Waals surface area contributed by atoms with Crippen LogP contribution in [0.2, 0.25) is 5.02 Å². The number of halogens is 1.